The van der Waals surface area contributed by atoms with Gasteiger partial charge in [-0.3, -0.25) is 0 Å². The minimum atomic E-state index is 0.732. The summed E-state index contributed by atoms with van der Waals surface area (Å²) in [6.45, 7) is 6.31. The van der Waals surface area contributed by atoms with Crippen LogP contribution in [-0.4, -0.2) is 34.1 Å². The van der Waals surface area contributed by atoms with E-state index in [1.807, 2.05) is 0 Å². The number of hydrogen-bond donors (Lipinski definition) is 2. The number of rotatable bonds is 7. The van der Waals surface area contributed by atoms with Gasteiger partial charge in [0.1, 0.15) is 18.0 Å². The fourth-order valence-corrected chi connectivity index (χ4v) is 3.71. The summed E-state index contributed by atoms with van der Waals surface area (Å²) in [5.41, 5.74) is 1.21. The molecular formula is C15H26N4S. The maximum Gasteiger partial charge on any atom is 0.134 e. The van der Waals surface area contributed by atoms with Gasteiger partial charge in [0.15, 0.2) is 0 Å². The highest BCUT2D eigenvalue weighted by molar-refractivity contribution is 7.99. The first-order valence-corrected chi connectivity index (χ1v) is 8.83. The Hall–Kier alpha value is -0.970. The highest BCUT2D eigenvalue weighted by atomic mass is 32.2. The van der Waals surface area contributed by atoms with Crippen molar-refractivity contribution in [1.29, 1.82) is 0 Å². The Bertz CT molecular complexity index is 405. The third-order valence-corrected chi connectivity index (χ3v) is 5.01. The molecule has 1 aromatic rings. The first kappa shape index (κ1) is 15.4. The molecule has 1 aromatic heterocycles. The summed E-state index contributed by atoms with van der Waals surface area (Å²) >= 11 is 2.09. The third-order valence-electron chi connectivity index (χ3n) is 3.61. The largest absolute Gasteiger partial charge is 0.370 e. The Morgan fingerprint density at radius 3 is 2.65 bits per heavy atom. The summed E-state index contributed by atoms with van der Waals surface area (Å²) in [5.74, 6) is 3.30. The summed E-state index contributed by atoms with van der Waals surface area (Å²) in [6.07, 6.45) is 7.79. The molecule has 0 bridgehead atoms. The average Bonchev–Trinajstić information content (AvgIpc) is 2.51. The van der Waals surface area contributed by atoms with Gasteiger partial charge < -0.3 is 10.6 Å². The highest BCUT2D eigenvalue weighted by Crippen LogP contribution is 2.26. The van der Waals surface area contributed by atoms with Gasteiger partial charge in [-0.2, -0.15) is 11.8 Å². The Labute approximate surface area is 126 Å². The van der Waals surface area contributed by atoms with E-state index < -0.39 is 0 Å². The van der Waals surface area contributed by atoms with Crippen molar-refractivity contribution in [3.8, 4) is 0 Å². The maximum atomic E-state index is 4.43. The van der Waals surface area contributed by atoms with E-state index in [-0.39, 0.29) is 0 Å². The summed E-state index contributed by atoms with van der Waals surface area (Å²) in [4.78, 5) is 8.81. The van der Waals surface area contributed by atoms with E-state index in [2.05, 4.69) is 46.2 Å². The Balaban J connectivity index is 1.98. The number of nitrogens with one attached hydrogen (secondary N) is 2. The summed E-state index contributed by atoms with van der Waals surface area (Å²) in [5, 5.41) is 7.67. The predicted octanol–water partition coefficient (Wildman–Crippen LogP) is 3.56. The van der Waals surface area contributed by atoms with Crippen LogP contribution in [0.1, 0.15) is 45.1 Å². The summed E-state index contributed by atoms with van der Waals surface area (Å²) in [6, 6.07) is 0. The molecule has 0 aromatic carbocycles. The topological polar surface area (TPSA) is 49.8 Å². The lowest BCUT2D eigenvalue weighted by Gasteiger charge is -2.22. The second-order valence-corrected chi connectivity index (χ2v) is 6.61. The van der Waals surface area contributed by atoms with Gasteiger partial charge in [0, 0.05) is 23.9 Å². The SMILES string of the molecule is CCCNc1ncnc(NCC2CCCCS2)c1CC. The van der Waals surface area contributed by atoms with Crippen LogP contribution >= 0.6 is 11.8 Å². The van der Waals surface area contributed by atoms with E-state index in [0.717, 1.165) is 42.8 Å². The van der Waals surface area contributed by atoms with Crippen LogP contribution in [0.5, 0.6) is 0 Å². The molecular weight excluding hydrogens is 268 g/mol. The van der Waals surface area contributed by atoms with Gasteiger partial charge in [-0.25, -0.2) is 9.97 Å². The average molecular weight is 294 g/mol. The lowest BCUT2D eigenvalue weighted by atomic mass is 10.1. The third kappa shape index (κ3) is 4.27. The van der Waals surface area contributed by atoms with Gasteiger partial charge in [-0.1, -0.05) is 20.3 Å². The van der Waals surface area contributed by atoms with Crippen molar-refractivity contribution in [3.05, 3.63) is 11.9 Å². The number of nitrogens with zero attached hydrogens (tertiary/aromatic N) is 2. The molecule has 0 spiro atoms. The lowest BCUT2D eigenvalue weighted by molar-refractivity contribution is 0.676. The quantitative estimate of drug-likeness (QED) is 0.805. The zero-order chi connectivity index (χ0) is 14.2. The fraction of sp³-hybridized carbons (Fsp3) is 0.733. The lowest BCUT2D eigenvalue weighted by Crippen LogP contribution is -2.21. The standard InChI is InChI=1S/C15H26N4S/c1-3-8-16-14-13(4-2)15(19-11-18-14)17-10-12-7-5-6-9-20-12/h11-12H,3-10H2,1-2H3,(H2,16,17,18,19). The number of thioether (sulfide) groups is 1. The van der Waals surface area contributed by atoms with Crippen LogP contribution in [0.4, 0.5) is 11.6 Å². The number of anilines is 2. The van der Waals surface area contributed by atoms with E-state index in [9.17, 15) is 0 Å². The molecule has 0 saturated carbocycles. The molecule has 1 aliphatic rings. The predicted molar refractivity (Wildman–Crippen MR) is 88.8 cm³/mol. The number of hydrogen-bond acceptors (Lipinski definition) is 5. The van der Waals surface area contributed by atoms with E-state index in [0.29, 0.717) is 0 Å². The van der Waals surface area contributed by atoms with Crippen LogP contribution in [0.15, 0.2) is 6.33 Å². The second kappa shape index (κ2) is 8.35. The molecule has 20 heavy (non-hydrogen) atoms. The molecule has 0 aliphatic carbocycles. The molecule has 112 valence electrons. The number of aromatic nitrogens is 2. The molecule has 0 amide bonds. The van der Waals surface area contributed by atoms with Crippen molar-refractivity contribution in [3.63, 3.8) is 0 Å². The first-order valence-electron chi connectivity index (χ1n) is 7.78. The first-order chi connectivity index (χ1) is 9.85. The van der Waals surface area contributed by atoms with Crippen LogP contribution in [0, 0.1) is 0 Å². The molecule has 1 unspecified atom stereocenters. The van der Waals surface area contributed by atoms with Gasteiger partial charge in [0.25, 0.3) is 0 Å². The van der Waals surface area contributed by atoms with Gasteiger partial charge >= 0.3 is 0 Å². The van der Waals surface area contributed by atoms with Gasteiger partial charge in [-0.05, 0) is 31.4 Å². The normalized spacial score (nSPS) is 18.8. The van der Waals surface area contributed by atoms with Gasteiger partial charge in [-0.15, -0.1) is 0 Å². The van der Waals surface area contributed by atoms with Crippen LogP contribution < -0.4 is 10.6 Å². The molecule has 4 nitrogen and oxygen atoms in total. The van der Waals surface area contributed by atoms with E-state index in [1.165, 1.54) is 30.6 Å². The Morgan fingerprint density at radius 1 is 1.20 bits per heavy atom. The van der Waals surface area contributed by atoms with Crippen molar-refractivity contribution < 1.29 is 0 Å². The molecule has 5 heteroatoms. The molecule has 1 atom stereocenters. The maximum absolute atomic E-state index is 4.43. The smallest absolute Gasteiger partial charge is 0.134 e. The van der Waals surface area contributed by atoms with E-state index in [1.54, 1.807) is 6.33 Å². The van der Waals surface area contributed by atoms with Crippen molar-refractivity contribution in [2.45, 2.75) is 51.2 Å². The Morgan fingerprint density at radius 2 is 2.00 bits per heavy atom. The second-order valence-electron chi connectivity index (χ2n) is 5.20. The van der Waals surface area contributed by atoms with Crippen molar-refractivity contribution in [2.24, 2.45) is 0 Å². The van der Waals surface area contributed by atoms with Crippen molar-refractivity contribution >= 4 is 23.4 Å². The minimum absolute atomic E-state index is 0.732. The van der Waals surface area contributed by atoms with Gasteiger partial charge in [0.05, 0.1) is 0 Å². The zero-order valence-electron chi connectivity index (χ0n) is 12.6. The molecule has 0 radical (unpaired) electrons. The van der Waals surface area contributed by atoms with E-state index >= 15 is 0 Å². The highest BCUT2D eigenvalue weighted by Gasteiger charge is 2.15. The monoisotopic (exact) mass is 294 g/mol. The molecule has 2 rings (SSSR count). The molecule has 2 N–H and O–H groups in total. The van der Waals surface area contributed by atoms with Crippen molar-refractivity contribution in [1.82, 2.24) is 9.97 Å². The Kier molecular flexibility index (Phi) is 6.43. The van der Waals surface area contributed by atoms with Gasteiger partial charge in [0.2, 0.25) is 0 Å². The molecule has 2 heterocycles. The minimum Gasteiger partial charge on any atom is -0.370 e. The van der Waals surface area contributed by atoms with Crippen molar-refractivity contribution in [2.75, 3.05) is 29.5 Å². The van der Waals surface area contributed by atoms with Crippen LogP contribution in [0.2, 0.25) is 0 Å². The fourth-order valence-electron chi connectivity index (χ4n) is 2.47. The summed E-state index contributed by atoms with van der Waals surface area (Å²) < 4.78 is 0. The zero-order valence-corrected chi connectivity index (χ0v) is 13.4. The van der Waals surface area contributed by atoms with Crippen LogP contribution in [-0.2, 0) is 6.42 Å². The molecule has 1 saturated heterocycles. The van der Waals surface area contributed by atoms with E-state index in [4.69, 9.17) is 0 Å². The van der Waals surface area contributed by atoms with Crippen LogP contribution in [0.3, 0.4) is 0 Å². The molecule has 1 aliphatic heterocycles. The summed E-state index contributed by atoms with van der Waals surface area (Å²) in [7, 11) is 0. The molecule has 1 fully saturated rings. The van der Waals surface area contributed by atoms with Crippen LogP contribution in [0.25, 0.3) is 0 Å².